The molecule has 124 valence electrons. The van der Waals surface area contributed by atoms with Crippen molar-refractivity contribution in [3.63, 3.8) is 0 Å². The molecule has 1 atom stereocenters. The van der Waals surface area contributed by atoms with Gasteiger partial charge < -0.3 is 9.84 Å². The maximum atomic E-state index is 10.4. The molecule has 1 aromatic rings. The van der Waals surface area contributed by atoms with Crippen molar-refractivity contribution in [2.24, 2.45) is 0 Å². The molecule has 0 aliphatic carbocycles. The minimum atomic E-state index is -0.792. The molecule has 1 unspecified atom stereocenters. The quantitative estimate of drug-likeness (QED) is 0.722. The number of benzene rings is 1. The molecule has 2 heteroatoms. The predicted octanol–water partition coefficient (Wildman–Crippen LogP) is 5.10. The molecule has 1 aliphatic heterocycles. The number of aliphatic hydroxyl groups excluding tert-OH is 1. The molecule has 0 spiro atoms. The van der Waals surface area contributed by atoms with Gasteiger partial charge in [-0.2, -0.15) is 0 Å². The van der Waals surface area contributed by atoms with Gasteiger partial charge in [0, 0.05) is 5.56 Å². The molecule has 22 heavy (non-hydrogen) atoms. The molecule has 1 aromatic carbocycles. The number of aliphatic hydroxyl groups is 1. The van der Waals surface area contributed by atoms with E-state index in [9.17, 15) is 5.11 Å². The van der Waals surface area contributed by atoms with E-state index in [1.54, 1.807) is 0 Å². The zero-order valence-corrected chi connectivity index (χ0v) is 15.7. The van der Waals surface area contributed by atoms with Crippen LogP contribution in [-0.2, 0) is 27.6 Å². The lowest BCUT2D eigenvalue weighted by Gasteiger charge is -2.38. The Morgan fingerprint density at radius 2 is 1.36 bits per heavy atom. The fourth-order valence-electron chi connectivity index (χ4n) is 3.56. The van der Waals surface area contributed by atoms with Crippen LogP contribution in [-0.4, -0.2) is 5.11 Å². The largest absolute Gasteiger partial charge is 0.364 e. The van der Waals surface area contributed by atoms with Gasteiger partial charge >= 0.3 is 0 Å². The lowest BCUT2D eigenvalue weighted by atomic mass is 9.66. The van der Waals surface area contributed by atoms with Crippen molar-refractivity contribution in [3.8, 4) is 0 Å². The van der Waals surface area contributed by atoms with Gasteiger partial charge in [-0.3, -0.25) is 0 Å². The molecule has 2 nitrogen and oxygen atoms in total. The summed E-state index contributed by atoms with van der Waals surface area (Å²) >= 11 is 0. The van der Waals surface area contributed by atoms with Crippen LogP contribution in [0.5, 0.6) is 0 Å². The third kappa shape index (κ3) is 2.96. The summed E-state index contributed by atoms with van der Waals surface area (Å²) < 4.78 is 5.55. The van der Waals surface area contributed by atoms with Gasteiger partial charge in [-0.15, -0.1) is 0 Å². The molecule has 0 fully saturated rings. The van der Waals surface area contributed by atoms with Gasteiger partial charge in [0.1, 0.15) is 0 Å². The molecule has 0 saturated carbocycles. The Bertz CT molecular complexity index is 578. The second-order valence-electron chi connectivity index (χ2n) is 9.66. The maximum Gasteiger partial charge on any atom is 0.182 e. The van der Waals surface area contributed by atoms with Gasteiger partial charge in [-0.25, -0.2) is 0 Å². The van der Waals surface area contributed by atoms with Crippen molar-refractivity contribution < 1.29 is 9.84 Å². The van der Waals surface area contributed by atoms with E-state index < -0.39 is 6.29 Å². The summed E-state index contributed by atoms with van der Waals surface area (Å²) in [4.78, 5) is 0. The molecule has 0 saturated heterocycles. The first-order valence-corrected chi connectivity index (χ1v) is 8.25. The van der Waals surface area contributed by atoms with E-state index >= 15 is 0 Å². The lowest BCUT2D eigenvalue weighted by molar-refractivity contribution is -0.0925. The summed E-state index contributed by atoms with van der Waals surface area (Å²) in [6, 6.07) is 2.27. The Labute approximate surface area is 135 Å². The van der Waals surface area contributed by atoms with Crippen LogP contribution in [0.25, 0.3) is 0 Å². The predicted molar refractivity (Wildman–Crippen MR) is 92.3 cm³/mol. The van der Waals surface area contributed by atoms with E-state index in [0.29, 0.717) is 6.61 Å². The smallest absolute Gasteiger partial charge is 0.182 e. The van der Waals surface area contributed by atoms with Crippen molar-refractivity contribution in [1.29, 1.82) is 0 Å². The van der Waals surface area contributed by atoms with Crippen molar-refractivity contribution in [2.75, 3.05) is 0 Å². The Morgan fingerprint density at radius 1 is 0.864 bits per heavy atom. The topological polar surface area (TPSA) is 29.5 Å². The Hall–Kier alpha value is -0.860. The third-order valence-corrected chi connectivity index (χ3v) is 4.40. The fraction of sp³-hybridized carbons (Fsp3) is 0.700. The molecule has 0 bridgehead atoms. The molecule has 1 N–H and O–H groups in total. The van der Waals surface area contributed by atoms with Gasteiger partial charge in [0.2, 0.25) is 0 Å². The lowest BCUT2D eigenvalue weighted by Crippen LogP contribution is -2.30. The molecular formula is C20H32O2. The van der Waals surface area contributed by atoms with E-state index in [0.717, 1.165) is 11.1 Å². The highest BCUT2D eigenvalue weighted by Crippen LogP contribution is 2.47. The van der Waals surface area contributed by atoms with Crippen LogP contribution in [0.15, 0.2) is 6.07 Å². The van der Waals surface area contributed by atoms with E-state index in [1.807, 2.05) is 0 Å². The molecule has 0 radical (unpaired) electrons. The van der Waals surface area contributed by atoms with Gasteiger partial charge in [-0.05, 0) is 38.5 Å². The van der Waals surface area contributed by atoms with Crippen molar-refractivity contribution in [1.82, 2.24) is 0 Å². The van der Waals surface area contributed by atoms with Crippen LogP contribution in [0.1, 0.15) is 96.4 Å². The van der Waals surface area contributed by atoms with E-state index in [1.165, 1.54) is 16.7 Å². The first-order chi connectivity index (χ1) is 9.74. The minimum absolute atomic E-state index is 0.0164. The number of hydrogen-bond acceptors (Lipinski definition) is 2. The number of fused-ring (bicyclic) bond motifs is 1. The third-order valence-electron chi connectivity index (χ3n) is 4.40. The first kappa shape index (κ1) is 17.5. The van der Waals surface area contributed by atoms with Crippen LogP contribution < -0.4 is 0 Å². The van der Waals surface area contributed by atoms with Gasteiger partial charge in [0.15, 0.2) is 6.29 Å². The van der Waals surface area contributed by atoms with Crippen molar-refractivity contribution >= 4 is 0 Å². The summed E-state index contributed by atoms with van der Waals surface area (Å²) in [5.41, 5.74) is 6.21. The number of ether oxygens (including phenoxy) is 1. The molecular weight excluding hydrogens is 272 g/mol. The highest BCUT2D eigenvalue weighted by Gasteiger charge is 2.38. The SMILES string of the molecule is CC(C)(C)c1cc2c(c(C(C)(C)C)c1C(C)(C)C)C(O)OC2. The summed E-state index contributed by atoms with van der Waals surface area (Å²) in [5, 5.41) is 10.4. The average Bonchev–Trinajstić information content (AvgIpc) is 2.65. The van der Waals surface area contributed by atoms with E-state index in [4.69, 9.17) is 4.74 Å². The highest BCUT2D eigenvalue weighted by molar-refractivity contribution is 5.55. The van der Waals surface area contributed by atoms with Gasteiger partial charge in [0.05, 0.1) is 6.61 Å². The van der Waals surface area contributed by atoms with Crippen molar-refractivity contribution in [3.05, 3.63) is 33.9 Å². The van der Waals surface area contributed by atoms with Crippen LogP contribution in [0, 0.1) is 0 Å². The monoisotopic (exact) mass is 304 g/mol. The normalized spacial score (nSPS) is 19.5. The highest BCUT2D eigenvalue weighted by atomic mass is 16.6. The second-order valence-corrected chi connectivity index (χ2v) is 9.66. The van der Waals surface area contributed by atoms with E-state index in [-0.39, 0.29) is 16.2 Å². The average molecular weight is 304 g/mol. The standard InChI is InChI=1S/C20H32O2/c1-18(2,3)13-10-12-11-22-17(21)14(12)16(20(7,8)9)15(13)19(4,5)6/h10,17,21H,11H2,1-9H3. The summed E-state index contributed by atoms with van der Waals surface area (Å²) in [7, 11) is 0. The van der Waals surface area contributed by atoms with Crippen LogP contribution >= 0.6 is 0 Å². The van der Waals surface area contributed by atoms with Crippen LogP contribution in [0.3, 0.4) is 0 Å². The summed E-state index contributed by atoms with van der Waals surface area (Å²) in [6.45, 7) is 20.8. The molecule has 0 amide bonds. The molecule has 2 rings (SSSR count). The molecule has 1 heterocycles. The fourth-order valence-corrected chi connectivity index (χ4v) is 3.56. The number of rotatable bonds is 0. The molecule has 0 aromatic heterocycles. The zero-order valence-electron chi connectivity index (χ0n) is 15.7. The molecule has 1 aliphatic rings. The van der Waals surface area contributed by atoms with Crippen LogP contribution in [0.2, 0.25) is 0 Å². The van der Waals surface area contributed by atoms with Crippen molar-refractivity contribution in [2.45, 2.75) is 91.5 Å². The van der Waals surface area contributed by atoms with Crippen LogP contribution in [0.4, 0.5) is 0 Å². The second kappa shape index (κ2) is 5.07. The summed E-state index contributed by atoms with van der Waals surface area (Å²) in [6.07, 6.45) is -0.792. The Kier molecular flexibility index (Phi) is 4.03. The van der Waals surface area contributed by atoms with Gasteiger partial charge in [-0.1, -0.05) is 68.4 Å². The zero-order chi connectivity index (χ0) is 17.1. The first-order valence-electron chi connectivity index (χ1n) is 8.25. The van der Waals surface area contributed by atoms with E-state index in [2.05, 4.69) is 68.4 Å². The maximum absolute atomic E-state index is 10.4. The Balaban J connectivity index is 2.97. The Morgan fingerprint density at radius 3 is 1.77 bits per heavy atom. The minimum Gasteiger partial charge on any atom is -0.364 e. The number of hydrogen-bond donors (Lipinski definition) is 1. The van der Waals surface area contributed by atoms with Gasteiger partial charge in [0.25, 0.3) is 0 Å². The summed E-state index contributed by atoms with van der Waals surface area (Å²) in [5.74, 6) is 0.